The Labute approximate surface area is 147 Å². The maximum atomic E-state index is 12.9. The number of methoxy groups -OCH3 is 2. The largest absolute Gasteiger partial charge is 0.493 e. The lowest BCUT2D eigenvalue weighted by molar-refractivity contribution is 0.0685. The van der Waals surface area contributed by atoms with Crippen LogP contribution in [0.15, 0.2) is 29.0 Å². The summed E-state index contributed by atoms with van der Waals surface area (Å²) in [6.45, 7) is 2.89. The molecule has 1 heterocycles. The number of hydrogen-bond donors (Lipinski definition) is 0. The smallest absolute Gasteiger partial charge is 0.254 e. The minimum Gasteiger partial charge on any atom is -0.493 e. The van der Waals surface area contributed by atoms with Crippen LogP contribution >= 0.6 is 11.3 Å². The Morgan fingerprint density at radius 1 is 1.21 bits per heavy atom. The SMILES string of the molecule is CCCN(C(=O)c1ccsc1)C1Cc2cc(OC)c(OC)cc2C1. The van der Waals surface area contributed by atoms with Gasteiger partial charge in [-0.3, -0.25) is 4.79 Å². The van der Waals surface area contributed by atoms with Crippen LogP contribution in [0.25, 0.3) is 0 Å². The minimum atomic E-state index is 0.134. The van der Waals surface area contributed by atoms with Gasteiger partial charge in [0, 0.05) is 18.0 Å². The molecule has 0 aliphatic heterocycles. The Morgan fingerprint density at radius 2 is 1.83 bits per heavy atom. The van der Waals surface area contributed by atoms with E-state index in [-0.39, 0.29) is 11.9 Å². The topological polar surface area (TPSA) is 38.8 Å². The highest BCUT2D eigenvalue weighted by Gasteiger charge is 2.31. The summed E-state index contributed by atoms with van der Waals surface area (Å²) in [4.78, 5) is 14.9. The van der Waals surface area contributed by atoms with Crippen molar-refractivity contribution >= 4 is 17.2 Å². The summed E-state index contributed by atoms with van der Waals surface area (Å²) < 4.78 is 10.8. The van der Waals surface area contributed by atoms with Crippen LogP contribution < -0.4 is 9.47 Å². The van der Waals surface area contributed by atoms with Gasteiger partial charge >= 0.3 is 0 Å². The molecule has 4 nitrogen and oxygen atoms in total. The molecule has 1 aromatic carbocycles. The molecule has 1 aliphatic rings. The first-order valence-electron chi connectivity index (χ1n) is 8.24. The molecule has 0 spiro atoms. The Morgan fingerprint density at radius 3 is 2.29 bits per heavy atom. The number of thiophene rings is 1. The number of rotatable bonds is 6. The number of amides is 1. The molecule has 0 fully saturated rings. The summed E-state index contributed by atoms with van der Waals surface area (Å²) in [6.07, 6.45) is 2.69. The predicted octanol–water partition coefficient (Wildman–Crippen LogP) is 3.78. The lowest BCUT2D eigenvalue weighted by Gasteiger charge is -2.28. The zero-order valence-corrected chi connectivity index (χ0v) is 15.2. The van der Waals surface area contributed by atoms with Crippen molar-refractivity contribution in [3.63, 3.8) is 0 Å². The fourth-order valence-corrected chi connectivity index (χ4v) is 4.02. The van der Waals surface area contributed by atoms with Gasteiger partial charge in [-0.1, -0.05) is 6.92 Å². The fraction of sp³-hybridized carbons (Fsp3) is 0.421. The zero-order valence-electron chi connectivity index (χ0n) is 14.4. The van der Waals surface area contributed by atoms with Gasteiger partial charge in [-0.25, -0.2) is 0 Å². The van der Waals surface area contributed by atoms with E-state index in [9.17, 15) is 4.79 Å². The van der Waals surface area contributed by atoms with E-state index in [0.717, 1.165) is 42.9 Å². The van der Waals surface area contributed by atoms with E-state index < -0.39 is 0 Å². The molecule has 1 aromatic heterocycles. The van der Waals surface area contributed by atoms with E-state index >= 15 is 0 Å². The van der Waals surface area contributed by atoms with Crippen molar-refractivity contribution in [2.24, 2.45) is 0 Å². The monoisotopic (exact) mass is 345 g/mol. The van der Waals surface area contributed by atoms with E-state index in [1.165, 1.54) is 11.1 Å². The third kappa shape index (κ3) is 3.13. The fourth-order valence-electron chi connectivity index (χ4n) is 3.39. The van der Waals surface area contributed by atoms with Crippen LogP contribution in [0.4, 0.5) is 0 Å². The second-order valence-electron chi connectivity index (χ2n) is 6.05. The first-order chi connectivity index (χ1) is 11.7. The van der Waals surface area contributed by atoms with Gasteiger partial charge < -0.3 is 14.4 Å². The molecule has 0 saturated heterocycles. The normalized spacial score (nSPS) is 13.6. The van der Waals surface area contributed by atoms with Crippen molar-refractivity contribution in [2.75, 3.05) is 20.8 Å². The van der Waals surface area contributed by atoms with Crippen molar-refractivity contribution in [3.8, 4) is 11.5 Å². The Balaban J connectivity index is 1.85. The number of carbonyl (C=O) groups is 1. The van der Waals surface area contributed by atoms with Gasteiger partial charge in [0.15, 0.2) is 11.5 Å². The third-order valence-electron chi connectivity index (χ3n) is 4.55. The van der Waals surface area contributed by atoms with Crippen LogP contribution in [0.1, 0.15) is 34.8 Å². The van der Waals surface area contributed by atoms with Gasteiger partial charge in [0.25, 0.3) is 5.91 Å². The molecule has 3 rings (SSSR count). The quantitative estimate of drug-likeness (QED) is 0.800. The summed E-state index contributed by atoms with van der Waals surface area (Å²) in [7, 11) is 3.31. The van der Waals surface area contributed by atoms with E-state index in [1.807, 2.05) is 33.9 Å². The lowest BCUT2D eigenvalue weighted by Crippen LogP contribution is -2.41. The van der Waals surface area contributed by atoms with E-state index in [4.69, 9.17) is 9.47 Å². The second-order valence-corrected chi connectivity index (χ2v) is 6.83. The van der Waals surface area contributed by atoms with Crippen molar-refractivity contribution < 1.29 is 14.3 Å². The van der Waals surface area contributed by atoms with E-state index in [2.05, 4.69) is 6.92 Å². The van der Waals surface area contributed by atoms with Crippen molar-refractivity contribution in [3.05, 3.63) is 45.6 Å². The molecule has 128 valence electrons. The standard InChI is InChI=1S/C19H23NO3S/c1-4-6-20(19(21)13-5-7-24-12-13)16-8-14-10-17(22-2)18(23-3)11-15(14)9-16/h5,7,10-12,16H,4,6,8-9H2,1-3H3. The third-order valence-corrected chi connectivity index (χ3v) is 5.23. The molecule has 0 bridgehead atoms. The maximum Gasteiger partial charge on any atom is 0.254 e. The van der Waals surface area contributed by atoms with Gasteiger partial charge in [0.1, 0.15) is 0 Å². The van der Waals surface area contributed by atoms with Gasteiger partial charge in [-0.2, -0.15) is 11.3 Å². The zero-order chi connectivity index (χ0) is 17.1. The lowest BCUT2D eigenvalue weighted by atomic mass is 10.1. The summed E-state index contributed by atoms with van der Waals surface area (Å²) in [6, 6.07) is 6.20. The Hall–Kier alpha value is -2.01. The molecule has 5 heteroatoms. The number of benzene rings is 1. The summed E-state index contributed by atoms with van der Waals surface area (Å²) in [5.41, 5.74) is 3.29. The molecule has 0 N–H and O–H groups in total. The number of ether oxygens (including phenoxy) is 2. The highest BCUT2D eigenvalue weighted by Crippen LogP contribution is 2.36. The van der Waals surface area contributed by atoms with Gasteiger partial charge in [0.2, 0.25) is 0 Å². The van der Waals surface area contributed by atoms with Gasteiger partial charge in [0.05, 0.1) is 19.8 Å². The number of hydrogen-bond acceptors (Lipinski definition) is 4. The molecule has 2 aromatic rings. The van der Waals surface area contributed by atoms with Crippen LogP contribution in [-0.2, 0) is 12.8 Å². The summed E-state index contributed by atoms with van der Waals surface area (Å²) in [5.74, 6) is 1.64. The number of carbonyl (C=O) groups excluding carboxylic acids is 1. The molecule has 0 radical (unpaired) electrons. The summed E-state index contributed by atoms with van der Waals surface area (Å²) in [5, 5.41) is 3.88. The van der Waals surface area contributed by atoms with Crippen LogP contribution in [0.3, 0.4) is 0 Å². The average molecular weight is 345 g/mol. The van der Waals surface area contributed by atoms with Crippen molar-refractivity contribution in [1.82, 2.24) is 4.90 Å². The first kappa shape index (κ1) is 16.8. The summed E-state index contributed by atoms with van der Waals surface area (Å²) >= 11 is 1.56. The van der Waals surface area contributed by atoms with Crippen LogP contribution in [0, 0.1) is 0 Å². The van der Waals surface area contributed by atoms with Crippen LogP contribution in [0.2, 0.25) is 0 Å². The molecule has 0 saturated carbocycles. The van der Waals surface area contributed by atoms with E-state index in [1.54, 1.807) is 25.6 Å². The molecule has 0 atom stereocenters. The van der Waals surface area contributed by atoms with Crippen molar-refractivity contribution in [2.45, 2.75) is 32.2 Å². The molecule has 0 unspecified atom stereocenters. The van der Waals surface area contributed by atoms with Crippen LogP contribution in [0.5, 0.6) is 11.5 Å². The molecule has 1 aliphatic carbocycles. The van der Waals surface area contributed by atoms with Gasteiger partial charge in [-0.05, 0) is 54.0 Å². The first-order valence-corrected chi connectivity index (χ1v) is 9.19. The van der Waals surface area contributed by atoms with E-state index in [0.29, 0.717) is 0 Å². The number of nitrogens with zero attached hydrogens (tertiary/aromatic N) is 1. The average Bonchev–Trinajstić information content (AvgIpc) is 3.26. The molecular formula is C19H23NO3S. The number of fused-ring (bicyclic) bond motifs is 1. The second kappa shape index (κ2) is 7.26. The molecule has 1 amide bonds. The van der Waals surface area contributed by atoms with Gasteiger partial charge in [-0.15, -0.1) is 0 Å². The minimum absolute atomic E-state index is 0.134. The Kier molecular flexibility index (Phi) is 5.09. The molecular weight excluding hydrogens is 322 g/mol. The predicted molar refractivity (Wildman–Crippen MR) is 96.4 cm³/mol. The van der Waals surface area contributed by atoms with Crippen LogP contribution in [-0.4, -0.2) is 37.6 Å². The highest BCUT2D eigenvalue weighted by molar-refractivity contribution is 7.08. The maximum absolute atomic E-state index is 12.9. The highest BCUT2D eigenvalue weighted by atomic mass is 32.1. The Bertz CT molecular complexity index is 679. The van der Waals surface area contributed by atoms with Crippen molar-refractivity contribution in [1.29, 1.82) is 0 Å². The molecule has 24 heavy (non-hydrogen) atoms.